The van der Waals surface area contributed by atoms with E-state index in [0.717, 1.165) is 17.8 Å². The van der Waals surface area contributed by atoms with Crippen molar-refractivity contribution in [3.63, 3.8) is 0 Å². The maximum atomic E-state index is 7.08. The van der Waals surface area contributed by atoms with E-state index in [4.69, 9.17) is 5.21 Å². The Morgan fingerprint density at radius 2 is 1.83 bits per heavy atom. The Kier molecular flexibility index (Phi) is 3.33. The molecule has 0 aromatic rings. The molecule has 0 aromatic carbocycles. The van der Waals surface area contributed by atoms with E-state index in [2.05, 4.69) is 39.2 Å². The molecule has 2 heteroatoms. The number of hydrogen-bond acceptors (Lipinski definition) is 2. The minimum absolute atomic E-state index is 0.515. The lowest BCUT2D eigenvalue weighted by Gasteiger charge is -2.35. The fourth-order valence-corrected chi connectivity index (χ4v) is 5.28. The Morgan fingerprint density at radius 3 is 2.44 bits per heavy atom. The van der Waals surface area contributed by atoms with Crippen LogP contribution >= 0.6 is 0 Å². The second-order valence-corrected chi connectivity index (χ2v) is 7.24. The molecule has 0 heterocycles. The minimum Gasteiger partial charge on any atom is -0.411 e. The van der Waals surface area contributed by atoms with Gasteiger partial charge in [0, 0.05) is 6.72 Å². The van der Waals surface area contributed by atoms with E-state index in [1.165, 1.54) is 32.1 Å². The van der Waals surface area contributed by atoms with Crippen LogP contribution in [0.15, 0.2) is 17.3 Å². The van der Waals surface area contributed by atoms with E-state index in [0.29, 0.717) is 10.8 Å². The fraction of sp³-hybridized carbons (Fsp3) is 0.812. The summed E-state index contributed by atoms with van der Waals surface area (Å²) >= 11 is 0. The fourth-order valence-electron chi connectivity index (χ4n) is 5.28. The first-order chi connectivity index (χ1) is 8.38. The van der Waals surface area contributed by atoms with E-state index in [-0.39, 0.29) is 0 Å². The van der Waals surface area contributed by atoms with Gasteiger partial charge in [-0.1, -0.05) is 39.3 Å². The van der Waals surface area contributed by atoms with Crippen LogP contribution in [0.2, 0.25) is 0 Å². The second kappa shape index (κ2) is 4.40. The summed E-state index contributed by atoms with van der Waals surface area (Å²) in [6.07, 6.45) is 7.18. The highest BCUT2D eigenvalue weighted by atomic mass is 16.4. The van der Waals surface area contributed by atoms with Crippen LogP contribution in [-0.4, -0.2) is 11.9 Å². The molecule has 0 saturated heterocycles. The molecule has 3 rings (SSSR count). The third-order valence-electron chi connectivity index (χ3n) is 6.07. The molecule has 4 bridgehead atoms. The SMILES string of the molecule is C=C1C2CCC3C2C(C)(C)CCCC13C.C=NO. The molecule has 18 heavy (non-hydrogen) atoms. The van der Waals surface area contributed by atoms with Gasteiger partial charge in [0.15, 0.2) is 0 Å². The number of oxime groups is 1. The van der Waals surface area contributed by atoms with E-state index in [1.54, 1.807) is 5.57 Å². The van der Waals surface area contributed by atoms with Crippen molar-refractivity contribution in [3.05, 3.63) is 12.2 Å². The summed E-state index contributed by atoms with van der Waals surface area (Å²) in [4.78, 5) is 0. The first kappa shape index (κ1) is 13.6. The zero-order chi connectivity index (χ0) is 13.6. The Morgan fingerprint density at radius 1 is 1.22 bits per heavy atom. The normalized spacial score (nSPS) is 43.9. The molecule has 0 aromatic heterocycles. The van der Waals surface area contributed by atoms with E-state index in [9.17, 15) is 0 Å². The molecule has 4 atom stereocenters. The van der Waals surface area contributed by atoms with Crippen LogP contribution in [-0.2, 0) is 0 Å². The predicted octanol–water partition coefficient (Wildman–Crippen LogP) is 4.49. The lowest BCUT2D eigenvalue weighted by molar-refractivity contribution is 0.141. The maximum absolute atomic E-state index is 7.08. The monoisotopic (exact) mass is 249 g/mol. The van der Waals surface area contributed by atoms with Crippen molar-refractivity contribution in [1.82, 2.24) is 0 Å². The van der Waals surface area contributed by atoms with Crippen LogP contribution in [0.4, 0.5) is 0 Å². The summed E-state index contributed by atoms with van der Waals surface area (Å²) in [6.45, 7) is 14.6. The molecule has 0 aliphatic heterocycles. The van der Waals surface area contributed by atoms with Crippen LogP contribution in [0.1, 0.15) is 52.9 Å². The summed E-state index contributed by atoms with van der Waals surface area (Å²) < 4.78 is 0. The Hall–Kier alpha value is -0.790. The summed E-state index contributed by atoms with van der Waals surface area (Å²) in [7, 11) is 0. The standard InChI is InChI=1S/C15H24.CH3NO/c1-10-11-6-7-12-13(11)14(2,3)8-5-9-15(10,12)4;1-2-3/h11-13H,1,5-9H2,2-4H3;3H,1H2. The first-order valence-corrected chi connectivity index (χ1v) is 7.18. The zero-order valence-electron chi connectivity index (χ0n) is 12.1. The average Bonchev–Trinajstić information content (AvgIpc) is 2.76. The third kappa shape index (κ3) is 1.72. The number of rotatable bonds is 0. The van der Waals surface area contributed by atoms with Gasteiger partial charge in [-0.2, -0.15) is 0 Å². The first-order valence-electron chi connectivity index (χ1n) is 7.18. The van der Waals surface area contributed by atoms with Crippen LogP contribution in [0.3, 0.4) is 0 Å². The molecule has 3 saturated carbocycles. The van der Waals surface area contributed by atoms with Crippen LogP contribution in [0, 0.1) is 28.6 Å². The Bertz CT molecular complexity index is 360. The van der Waals surface area contributed by atoms with Gasteiger partial charge in [-0.3, -0.25) is 0 Å². The van der Waals surface area contributed by atoms with Crippen molar-refractivity contribution in [2.75, 3.05) is 0 Å². The van der Waals surface area contributed by atoms with Gasteiger partial charge in [0.05, 0.1) is 0 Å². The van der Waals surface area contributed by atoms with E-state index < -0.39 is 0 Å². The second-order valence-electron chi connectivity index (χ2n) is 7.24. The van der Waals surface area contributed by atoms with Gasteiger partial charge >= 0.3 is 0 Å². The highest BCUT2D eigenvalue weighted by Gasteiger charge is 2.61. The van der Waals surface area contributed by atoms with Crippen molar-refractivity contribution in [3.8, 4) is 0 Å². The molecule has 2 nitrogen and oxygen atoms in total. The van der Waals surface area contributed by atoms with Gasteiger partial charge in [0.1, 0.15) is 0 Å². The van der Waals surface area contributed by atoms with Crippen molar-refractivity contribution < 1.29 is 5.21 Å². The molecule has 0 spiro atoms. The quantitative estimate of drug-likeness (QED) is 0.292. The number of allylic oxidation sites excluding steroid dienone is 1. The van der Waals surface area contributed by atoms with Crippen molar-refractivity contribution in [2.24, 2.45) is 33.7 Å². The lowest BCUT2D eigenvalue weighted by Crippen LogP contribution is -2.28. The molecular weight excluding hydrogens is 222 g/mol. The molecule has 3 fully saturated rings. The third-order valence-corrected chi connectivity index (χ3v) is 6.07. The van der Waals surface area contributed by atoms with Gasteiger partial charge in [-0.25, -0.2) is 0 Å². The zero-order valence-corrected chi connectivity index (χ0v) is 12.1. The molecule has 3 aliphatic rings. The molecule has 3 aliphatic carbocycles. The largest absolute Gasteiger partial charge is 0.411 e. The molecule has 4 unspecified atom stereocenters. The summed E-state index contributed by atoms with van der Waals surface area (Å²) in [5, 5.41) is 9.33. The van der Waals surface area contributed by atoms with Crippen LogP contribution in [0.25, 0.3) is 0 Å². The molecular formula is C16H27NO. The Balaban J connectivity index is 0.000000367. The smallest absolute Gasteiger partial charge is 0.0298 e. The number of hydrogen-bond donors (Lipinski definition) is 1. The molecule has 102 valence electrons. The predicted molar refractivity (Wildman–Crippen MR) is 75.9 cm³/mol. The average molecular weight is 249 g/mol. The van der Waals surface area contributed by atoms with Gasteiger partial charge in [0.25, 0.3) is 0 Å². The van der Waals surface area contributed by atoms with Gasteiger partial charge in [-0.15, -0.1) is 5.16 Å². The van der Waals surface area contributed by atoms with E-state index in [1.807, 2.05) is 0 Å². The number of nitrogens with zero attached hydrogens (tertiary/aromatic N) is 1. The van der Waals surface area contributed by atoms with Gasteiger partial charge in [-0.05, 0) is 54.3 Å². The summed E-state index contributed by atoms with van der Waals surface area (Å²) in [6, 6.07) is 0. The summed E-state index contributed by atoms with van der Waals surface area (Å²) in [5.41, 5.74) is 2.71. The van der Waals surface area contributed by atoms with Crippen molar-refractivity contribution in [2.45, 2.75) is 52.9 Å². The van der Waals surface area contributed by atoms with Crippen molar-refractivity contribution >= 4 is 6.72 Å². The topological polar surface area (TPSA) is 32.6 Å². The van der Waals surface area contributed by atoms with Gasteiger partial charge in [0.2, 0.25) is 0 Å². The maximum Gasteiger partial charge on any atom is 0.0298 e. The summed E-state index contributed by atoms with van der Waals surface area (Å²) in [5.74, 6) is 2.79. The van der Waals surface area contributed by atoms with Crippen LogP contribution in [0.5, 0.6) is 0 Å². The Labute approximate surface area is 111 Å². The lowest BCUT2D eigenvalue weighted by atomic mass is 9.69. The van der Waals surface area contributed by atoms with Crippen LogP contribution < -0.4 is 0 Å². The highest BCUT2D eigenvalue weighted by molar-refractivity contribution is 5.29. The van der Waals surface area contributed by atoms with Gasteiger partial charge < -0.3 is 5.21 Å². The molecule has 0 amide bonds. The minimum atomic E-state index is 0.515. The molecule has 0 radical (unpaired) electrons. The molecule has 1 N–H and O–H groups in total. The van der Waals surface area contributed by atoms with Crippen molar-refractivity contribution in [1.29, 1.82) is 0 Å². The van der Waals surface area contributed by atoms with E-state index >= 15 is 0 Å². The highest BCUT2D eigenvalue weighted by Crippen LogP contribution is 2.70.